The second kappa shape index (κ2) is 6.27. The molecular formula is C15H11FN2O4S. The number of rotatable bonds is 5. The minimum absolute atomic E-state index is 0.0278. The predicted octanol–water partition coefficient (Wildman–Crippen LogP) is 3.67. The first kappa shape index (κ1) is 15.3. The minimum Gasteiger partial charge on any atom is -0.453 e. The third kappa shape index (κ3) is 3.13. The van der Waals surface area contributed by atoms with Gasteiger partial charge in [0.25, 0.3) is 5.69 Å². The number of hydrogen-bond donors (Lipinski definition) is 1. The van der Waals surface area contributed by atoms with Crippen LogP contribution in [0.3, 0.4) is 0 Å². The summed E-state index contributed by atoms with van der Waals surface area (Å²) in [5.41, 5.74) is 0.356. The monoisotopic (exact) mass is 334 g/mol. The molecule has 0 bridgehead atoms. The number of thiophene rings is 1. The molecule has 0 atom stereocenters. The van der Waals surface area contributed by atoms with Crippen LogP contribution in [-0.4, -0.2) is 21.6 Å². The molecule has 8 heteroatoms. The molecule has 0 amide bonds. The summed E-state index contributed by atoms with van der Waals surface area (Å²) in [6, 6.07) is 6.67. The molecule has 118 valence electrons. The maximum absolute atomic E-state index is 13.9. The molecule has 2 heterocycles. The fourth-order valence-electron chi connectivity index (χ4n) is 2.08. The molecule has 1 aromatic carbocycles. The summed E-state index contributed by atoms with van der Waals surface area (Å²) in [5, 5.41) is 19.6. The molecule has 0 aliphatic rings. The highest BCUT2D eigenvalue weighted by Gasteiger charge is 2.14. The van der Waals surface area contributed by atoms with Crippen LogP contribution in [-0.2, 0) is 6.42 Å². The van der Waals surface area contributed by atoms with Gasteiger partial charge in [0.05, 0.1) is 21.2 Å². The Bertz CT molecular complexity index is 881. The van der Waals surface area contributed by atoms with E-state index in [-0.39, 0.29) is 18.0 Å². The maximum Gasteiger partial charge on any atom is 0.272 e. The number of nitro groups is 1. The molecule has 3 aromatic rings. The van der Waals surface area contributed by atoms with Crippen LogP contribution < -0.4 is 4.74 Å². The van der Waals surface area contributed by atoms with E-state index in [1.54, 1.807) is 6.07 Å². The summed E-state index contributed by atoms with van der Waals surface area (Å²) in [7, 11) is 0. The predicted molar refractivity (Wildman–Crippen MR) is 83.5 cm³/mol. The van der Waals surface area contributed by atoms with Gasteiger partial charge in [0.15, 0.2) is 11.6 Å². The first-order chi connectivity index (χ1) is 11.1. The zero-order valence-electron chi connectivity index (χ0n) is 11.7. The maximum atomic E-state index is 13.9. The normalized spacial score (nSPS) is 10.9. The Morgan fingerprint density at radius 2 is 2.13 bits per heavy atom. The number of ether oxygens (including phenoxy) is 1. The number of pyridine rings is 1. The fourth-order valence-corrected chi connectivity index (χ4v) is 3.14. The average molecular weight is 334 g/mol. The van der Waals surface area contributed by atoms with Gasteiger partial charge in [-0.05, 0) is 12.1 Å². The van der Waals surface area contributed by atoms with Crippen molar-refractivity contribution in [1.82, 2.24) is 4.98 Å². The Morgan fingerprint density at radius 3 is 2.83 bits per heavy atom. The summed E-state index contributed by atoms with van der Waals surface area (Å²) in [6.45, 7) is 0.0278. The van der Waals surface area contributed by atoms with E-state index < -0.39 is 10.7 Å². The summed E-state index contributed by atoms with van der Waals surface area (Å²) in [4.78, 5) is 15.1. The van der Waals surface area contributed by atoms with E-state index in [1.807, 2.05) is 6.07 Å². The van der Waals surface area contributed by atoms with Gasteiger partial charge in [0.2, 0.25) is 0 Å². The summed E-state index contributed by atoms with van der Waals surface area (Å²) >= 11 is 1.40. The summed E-state index contributed by atoms with van der Waals surface area (Å²) in [5.74, 6) is -0.492. The minimum atomic E-state index is -0.809. The molecule has 23 heavy (non-hydrogen) atoms. The van der Waals surface area contributed by atoms with Crippen molar-refractivity contribution in [3.8, 4) is 11.5 Å². The summed E-state index contributed by atoms with van der Waals surface area (Å²) < 4.78 is 20.2. The molecule has 0 aliphatic carbocycles. The molecule has 0 spiro atoms. The van der Waals surface area contributed by atoms with E-state index in [0.29, 0.717) is 17.7 Å². The molecule has 0 saturated heterocycles. The Balaban J connectivity index is 1.96. The van der Waals surface area contributed by atoms with Gasteiger partial charge in [-0.3, -0.25) is 15.1 Å². The second-order valence-corrected chi connectivity index (χ2v) is 5.82. The Morgan fingerprint density at radius 1 is 1.30 bits per heavy atom. The molecule has 2 aromatic heterocycles. The van der Waals surface area contributed by atoms with Gasteiger partial charge in [-0.15, -0.1) is 11.3 Å². The van der Waals surface area contributed by atoms with Crippen LogP contribution in [0, 0.1) is 15.9 Å². The van der Waals surface area contributed by atoms with E-state index in [1.165, 1.54) is 29.7 Å². The second-order valence-electron chi connectivity index (χ2n) is 4.68. The lowest BCUT2D eigenvalue weighted by Gasteiger charge is -2.07. The van der Waals surface area contributed by atoms with Gasteiger partial charge in [-0.2, -0.15) is 0 Å². The molecule has 6 nitrogen and oxygen atoms in total. The number of hydrogen-bond acceptors (Lipinski definition) is 6. The SMILES string of the molecule is O=[N+]([O-])c1ccc(Oc2ccnc3cc(CCO)sc23)c(F)c1. The largest absolute Gasteiger partial charge is 0.453 e. The van der Waals surface area contributed by atoms with Crippen molar-refractivity contribution >= 4 is 27.2 Å². The van der Waals surface area contributed by atoms with Crippen LogP contribution in [0.1, 0.15) is 4.88 Å². The lowest BCUT2D eigenvalue weighted by Crippen LogP contribution is -1.92. The van der Waals surface area contributed by atoms with E-state index >= 15 is 0 Å². The lowest BCUT2D eigenvalue weighted by molar-refractivity contribution is -0.385. The van der Waals surface area contributed by atoms with Crippen molar-refractivity contribution < 1.29 is 19.2 Å². The third-order valence-electron chi connectivity index (χ3n) is 3.13. The average Bonchev–Trinajstić information content (AvgIpc) is 2.93. The van der Waals surface area contributed by atoms with E-state index in [4.69, 9.17) is 9.84 Å². The van der Waals surface area contributed by atoms with Gasteiger partial charge in [0, 0.05) is 36.2 Å². The molecule has 1 N–H and O–H groups in total. The quantitative estimate of drug-likeness (QED) is 0.568. The van der Waals surface area contributed by atoms with E-state index in [2.05, 4.69) is 4.98 Å². The molecule has 3 rings (SSSR count). The van der Waals surface area contributed by atoms with Crippen molar-refractivity contribution in [2.75, 3.05) is 6.61 Å². The van der Waals surface area contributed by atoms with Crippen LogP contribution in [0.2, 0.25) is 0 Å². The molecule has 0 unspecified atom stereocenters. The highest BCUT2D eigenvalue weighted by atomic mass is 32.1. The van der Waals surface area contributed by atoms with Crippen LogP contribution in [0.5, 0.6) is 11.5 Å². The van der Waals surface area contributed by atoms with Crippen LogP contribution in [0.25, 0.3) is 10.2 Å². The number of aromatic nitrogens is 1. The van der Waals surface area contributed by atoms with Gasteiger partial charge < -0.3 is 9.84 Å². The number of non-ortho nitro benzene ring substituents is 1. The van der Waals surface area contributed by atoms with Crippen molar-refractivity contribution in [3.63, 3.8) is 0 Å². The number of nitrogens with zero attached hydrogens (tertiary/aromatic N) is 2. The van der Waals surface area contributed by atoms with Gasteiger partial charge in [-0.1, -0.05) is 0 Å². The Kier molecular flexibility index (Phi) is 4.18. The standard InChI is InChI=1S/C15H11FN2O4S/c16-11-7-9(18(20)21)1-2-13(11)22-14-3-5-17-12-8-10(4-6-19)23-15(12)14/h1-3,5,7-8,19H,4,6H2. The van der Waals surface area contributed by atoms with Crippen molar-refractivity contribution in [1.29, 1.82) is 0 Å². The van der Waals surface area contributed by atoms with Gasteiger partial charge >= 0.3 is 0 Å². The highest BCUT2D eigenvalue weighted by molar-refractivity contribution is 7.19. The van der Waals surface area contributed by atoms with Crippen molar-refractivity contribution in [2.24, 2.45) is 0 Å². The summed E-state index contributed by atoms with van der Waals surface area (Å²) in [6.07, 6.45) is 2.04. The zero-order chi connectivity index (χ0) is 16.4. The highest BCUT2D eigenvalue weighted by Crippen LogP contribution is 2.36. The first-order valence-corrected chi connectivity index (χ1v) is 7.50. The molecule has 0 aliphatic heterocycles. The third-order valence-corrected chi connectivity index (χ3v) is 4.33. The van der Waals surface area contributed by atoms with Crippen molar-refractivity contribution in [2.45, 2.75) is 6.42 Å². The van der Waals surface area contributed by atoms with Gasteiger partial charge in [-0.25, -0.2) is 4.39 Å². The molecule has 0 fully saturated rings. The van der Waals surface area contributed by atoms with Crippen molar-refractivity contribution in [3.05, 3.63) is 57.3 Å². The molecular weight excluding hydrogens is 323 g/mol. The number of nitro benzene ring substituents is 1. The van der Waals surface area contributed by atoms with E-state index in [0.717, 1.165) is 15.6 Å². The number of halogens is 1. The number of benzene rings is 1. The van der Waals surface area contributed by atoms with Gasteiger partial charge in [0.1, 0.15) is 5.75 Å². The topological polar surface area (TPSA) is 85.5 Å². The number of aliphatic hydroxyl groups is 1. The number of fused-ring (bicyclic) bond motifs is 1. The van der Waals surface area contributed by atoms with E-state index in [9.17, 15) is 14.5 Å². The Labute approximate surface area is 133 Å². The zero-order valence-corrected chi connectivity index (χ0v) is 12.5. The number of aliphatic hydroxyl groups excluding tert-OH is 1. The fraction of sp³-hybridized carbons (Fsp3) is 0.133. The molecule has 0 radical (unpaired) electrons. The Hall–Kier alpha value is -2.58. The smallest absolute Gasteiger partial charge is 0.272 e. The molecule has 0 saturated carbocycles. The lowest BCUT2D eigenvalue weighted by atomic mass is 10.3. The van der Waals surface area contributed by atoms with Crippen LogP contribution in [0.4, 0.5) is 10.1 Å². The first-order valence-electron chi connectivity index (χ1n) is 6.68. The van der Waals surface area contributed by atoms with Crippen LogP contribution in [0.15, 0.2) is 36.5 Å². The van der Waals surface area contributed by atoms with Crippen LogP contribution >= 0.6 is 11.3 Å².